The number of hydrogen-bond acceptors (Lipinski definition) is 1. The summed E-state index contributed by atoms with van der Waals surface area (Å²) >= 11 is 0. The fourth-order valence-electron chi connectivity index (χ4n) is 0.249. The van der Waals surface area contributed by atoms with E-state index in [2.05, 4.69) is 6.58 Å². The highest BCUT2D eigenvalue weighted by molar-refractivity contribution is 5.80. The van der Waals surface area contributed by atoms with Gasteiger partial charge in [0.2, 0.25) is 0 Å². The Labute approximate surface area is 67.6 Å². The molecule has 1 N–H and O–H groups in total. The molecule has 0 aliphatic heterocycles. The Hall–Kier alpha value is -1.31. The maximum atomic E-state index is 9.75. The van der Waals surface area contributed by atoms with Gasteiger partial charge in [-0.05, 0) is 13.8 Å². The van der Waals surface area contributed by atoms with E-state index in [0.29, 0.717) is 0 Å². The molecule has 0 fully saturated rings. The van der Waals surface area contributed by atoms with Gasteiger partial charge in [0.05, 0.1) is 0 Å². The number of rotatable bonds is 2. The summed E-state index contributed by atoms with van der Waals surface area (Å²) in [7, 11) is 0. The SMILES string of the molecule is C=CC.CC=CC=CC(=O)O. The molecule has 2 heteroatoms. The van der Waals surface area contributed by atoms with E-state index in [1.54, 1.807) is 18.2 Å². The Morgan fingerprint density at radius 3 is 2.09 bits per heavy atom. The van der Waals surface area contributed by atoms with Gasteiger partial charge in [0, 0.05) is 6.08 Å². The van der Waals surface area contributed by atoms with Gasteiger partial charge in [-0.15, -0.1) is 6.58 Å². The maximum Gasteiger partial charge on any atom is 0.328 e. The molecule has 0 saturated carbocycles. The van der Waals surface area contributed by atoms with Crippen LogP contribution in [0.5, 0.6) is 0 Å². The lowest BCUT2D eigenvalue weighted by molar-refractivity contribution is -0.131. The number of allylic oxidation sites excluding steroid dienone is 4. The standard InChI is InChI=1S/C6H8O2.C3H6/c1-2-3-4-5-6(7)8;1-3-2/h2-5H,1H3,(H,7,8);3H,1H2,2H3. The quantitative estimate of drug-likeness (QED) is 0.376. The van der Waals surface area contributed by atoms with Gasteiger partial charge in [0.25, 0.3) is 0 Å². The van der Waals surface area contributed by atoms with Gasteiger partial charge < -0.3 is 5.11 Å². The van der Waals surface area contributed by atoms with E-state index in [4.69, 9.17) is 5.11 Å². The first-order valence-electron chi connectivity index (χ1n) is 3.28. The summed E-state index contributed by atoms with van der Waals surface area (Å²) in [5.41, 5.74) is 0. The number of aliphatic carboxylic acids is 1. The van der Waals surface area contributed by atoms with Crippen molar-refractivity contribution in [1.29, 1.82) is 0 Å². The van der Waals surface area contributed by atoms with Crippen LogP contribution < -0.4 is 0 Å². The van der Waals surface area contributed by atoms with Crippen LogP contribution in [0, 0.1) is 0 Å². The van der Waals surface area contributed by atoms with Crippen LogP contribution in [0.15, 0.2) is 37.0 Å². The molecule has 0 unspecified atom stereocenters. The van der Waals surface area contributed by atoms with Crippen LogP contribution in [0.2, 0.25) is 0 Å². The van der Waals surface area contributed by atoms with Gasteiger partial charge in [-0.2, -0.15) is 0 Å². The Kier molecular flexibility index (Phi) is 12.9. The summed E-state index contributed by atoms with van der Waals surface area (Å²) in [6.45, 7) is 7.08. The van der Waals surface area contributed by atoms with Crippen LogP contribution in [0.3, 0.4) is 0 Å². The number of carbonyl (C=O) groups is 1. The number of carboxylic acid groups (broad SMARTS) is 1. The molecule has 0 aromatic carbocycles. The normalized spacial score (nSPS) is 9.27. The second-order valence-corrected chi connectivity index (χ2v) is 1.63. The average molecular weight is 154 g/mol. The second kappa shape index (κ2) is 11.5. The molecule has 11 heavy (non-hydrogen) atoms. The van der Waals surface area contributed by atoms with E-state index in [1.165, 1.54) is 6.08 Å². The fraction of sp³-hybridized carbons (Fsp3) is 0.222. The monoisotopic (exact) mass is 154 g/mol. The average Bonchev–Trinajstić information content (AvgIpc) is 1.89. The zero-order valence-electron chi connectivity index (χ0n) is 6.95. The molecular formula is C9H14O2. The minimum absolute atomic E-state index is 0.914. The Bertz CT molecular complexity index is 155. The van der Waals surface area contributed by atoms with Crippen LogP contribution in [-0.4, -0.2) is 11.1 Å². The van der Waals surface area contributed by atoms with Gasteiger partial charge >= 0.3 is 5.97 Å². The van der Waals surface area contributed by atoms with Crippen LogP contribution in [0.4, 0.5) is 0 Å². The molecule has 2 nitrogen and oxygen atoms in total. The van der Waals surface area contributed by atoms with Crippen molar-refractivity contribution in [1.82, 2.24) is 0 Å². The van der Waals surface area contributed by atoms with Gasteiger partial charge in [0.1, 0.15) is 0 Å². The Morgan fingerprint density at radius 2 is 1.82 bits per heavy atom. The van der Waals surface area contributed by atoms with Crippen molar-refractivity contribution in [3.8, 4) is 0 Å². The summed E-state index contributed by atoms with van der Waals surface area (Å²) < 4.78 is 0. The molecule has 0 radical (unpaired) electrons. The molecule has 0 heterocycles. The minimum atomic E-state index is -0.914. The van der Waals surface area contributed by atoms with Crippen molar-refractivity contribution >= 4 is 5.97 Å². The van der Waals surface area contributed by atoms with Crippen molar-refractivity contribution in [2.75, 3.05) is 0 Å². The summed E-state index contributed by atoms with van der Waals surface area (Å²) in [4.78, 5) is 9.75. The lowest BCUT2D eigenvalue weighted by Crippen LogP contribution is -1.83. The summed E-state index contributed by atoms with van der Waals surface area (Å²) in [5, 5.41) is 8.02. The third-order valence-corrected chi connectivity index (χ3v) is 0.542. The van der Waals surface area contributed by atoms with Crippen LogP contribution in [-0.2, 0) is 4.79 Å². The van der Waals surface area contributed by atoms with E-state index in [9.17, 15) is 4.79 Å². The minimum Gasteiger partial charge on any atom is -0.478 e. The van der Waals surface area contributed by atoms with Crippen molar-refractivity contribution in [2.45, 2.75) is 13.8 Å². The summed E-state index contributed by atoms with van der Waals surface area (Å²) in [6, 6.07) is 0. The first kappa shape index (κ1) is 12.4. The van der Waals surface area contributed by atoms with E-state index >= 15 is 0 Å². The van der Waals surface area contributed by atoms with Crippen molar-refractivity contribution in [3.05, 3.63) is 37.0 Å². The maximum absolute atomic E-state index is 9.75. The summed E-state index contributed by atoms with van der Waals surface area (Å²) in [5.74, 6) is -0.914. The van der Waals surface area contributed by atoms with Gasteiger partial charge in [-0.1, -0.05) is 24.3 Å². The van der Waals surface area contributed by atoms with Crippen molar-refractivity contribution in [3.63, 3.8) is 0 Å². The molecule has 0 aliphatic rings. The zero-order valence-corrected chi connectivity index (χ0v) is 6.95. The van der Waals surface area contributed by atoms with Gasteiger partial charge in [-0.25, -0.2) is 4.79 Å². The first-order chi connectivity index (χ1) is 5.18. The van der Waals surface area contributed by atoms with E-state index in [0.717, 1.165) is 6.08 Å². The predicted octanol–water partition coefficient (Wildman–Crippen LogP) is 2.40. The first-order valence-corrected chi connectivity index (χ1v) is 3.28. The van der Waals surface area contributed by atoms with E-state index < -0.39 is 5.97 Å². The molecule has 0 rings (SSSR count). The molecular weight excluding hydrogens is 140 g/mol. The smallest absolute Gasteiger partial charge is 0.328 e. The highest BCUT2D eigenvalue weighted by Crippen LogP contribution is 1.74. The number of hydrogen-bond donors (Lipinski definition) is 1. The largest absolute Gasteiger partial charge is 0.478 e. The molecule has 0 amide bonds. The second-order valence-electron chi connectivity index (χ2n) is 1.63. The summed E-state index contributed by atoms with van der Waals surface area (Å²) in [6.07, 6.45) is 7.73. The predicted molar refractivity (Wildman–Crippen MR) is 47.5 cm³/mol. The fourth-order valence-corrected chi connectivity index (χ4v) is 0.249. The van der Waals surface area contributed by atoms with Crippen LogP contribution in [0.25, 0.3) is 0 Å². The molecule has 0 aromatic heterocycles. The zero-order chi connectivity index (χ0) is 9.11. The molecule has 0 spiro atoms. The third kappa shape index (κ3) is 28.6. The van der Waals surface area contributed by atoms with Crippen LogP contribution >= 0.6 is 0 Å². The molecule has 0 aromatic rings. The molecule has 0 bridgehead atoms. The van der Waals surface area contributed by atoms with E-state index in [-0.39, 0.29) is 0 Å². The van der Waals surface area contributed by atoms with E-state index in [1.807, 2.05) is 13.8 Å². The Morgan fingerprint density at radius 1 is 1.36 bits per heavy atom. The van der Waals surface area contributed by atoms with Gasteiger partial charge in [0.15, 0.2) is 0 Å². The topological polar surface area (TPSA) is 37.3 Å². The molecule has 0 aliphatic carbocycles. The van der Waals surface area contributed by atoms with Crippen LogP contribution in [0.1, 0.15) is 13.8 Å². The lowest BCUT2D eigenvalue weighted by Gasteiger charge is -1.72. The molecule has 62 valence electrons. The van der Waals surface area contributed by atoms with Crippen molar-refractivity contribution in [2.24, 2.45) is 0 Å². The van der Waals surface area contributed by atoms with Crippen molar-refractivity contribution < 1.29 is 9.90 Å². The third-order valence-electron chi connectivity index (χ3n) is 0.542. The molecule has 0 atom stereocenters. The highest BCUT2D eigenvalue weighted by atomic mass is 16.4. The highest BCUT2D eigenvalue weighted by Gasteiger charge is 1.78. The Balaban J connectivity index is 0. The van der Waals surface area contributed by atoms with Gasteiger partial charge in [-0.3, -0.25) is 0 Å². The number of carboxylic acids is 1. The molecule has 0 saturated heterocycles. The lowest BCUT2D eigenvalue weighted by atomic mass is 10.4.